The number of hydrogen-bond acceptors (Lipinski definition) is 9. The molecule has 0 radical (unpaired) electrons. The number of nitrogens with one attached hydrogen (secondary N) is 1. The maximum absolute atomic E-state index is 13.5. The van der Waals surface area contributed by atoms with E-state index in [1.54, 1.807) is 23.6 Å². The Labute approximate surface area is 204 Å². The lowest BCUT2D eigenvalue weighted by Crippen LogP contribution is -2.44. The highest BCUT2D eigenvalue weighted by molar-refractivity contribution is 5.91. The van der Waals surface area contributed by atoms with Crippen molar-refractivity contribution in [2.24, 2.45) is 0 Å². The van der Waals surface area contributed by atoms with Gasteiger partial charge >= 0.3 is 5.97 Å². The van der Waals surface area contributed by atoms with Crippen molar-refractivity contribution in [3.05, 3.63) is 50.8 Å². The summed E-state index contributed by atoms with van der Waals surface area (Å²) in [5.74, 6) is 0.0540. The van der Waals surface area contributed by atoms with Crippen molar-refractivity contribution >= 4 is 22.8 Å². The minimum absolute atomic E-state index is 0.0555. The molecule has 11 nitrogen and oxygen atoms in total. The van der Waals surface area contributed by atoms with E-state index in [9.17, 15) is 19.5 Å². The molecule has 3 aliphatic rings. The summed E-state index contributed by atoms with van der Waals surface area (Å²) in [6.45, 7) is 1.84. The maximum atomic E-state index is 13.5. The van der Waals surface area contributed by atoms with Gasteiger partial charge < -0.3 is 33.9 Å². The first kappa shape index (κ1) is 22.5. The van der Waals surface area contributed by atoms with Gasteiger partial charge in [0.25, 0.3) is 5.56 Å². The fraction of sp³-hybridized carbons (Fsp3) is 0.360. The van der Waals surface area contributed by atoms with Crippen LogP contribution in [0, 0.1) is 0 Å². The third-order valence-electron chi connectivity index (χ3n) is 7.04. The Morgan fingerprint density at radius 2 is 1.97 bits per heavy atom. The van der Waals surface area contributed by atoms with E-state index in [1.165, 1.54) is 7.11 Å². The minimum atomic E-state index is -1.91. The predicted molar refractivity (Wildman–Crippen MR) is 124 cm³/mol. The molecule has 5 heterocycles. The van der Waals surface area contributed by atoms with Gasteiger partial charge in [0, 0.05) is 36.2 Å². The van der Waals surface area contributed by atoms with Crippen molar-refractivity contribution in [2.45, 2.75) is 38.6 Å². The van der Waals surface area contributed by atoms with Crippen molar-refractivity contribution in [1.82, 2.24) is 14.9 Å². The number of hydrogen-bond donors (Lipinski definition) is 2. The summed E-state index contributed by atoms with van der Waals surface area (Å²) >= 11 is 0. The van der Waals surface area contributed by atoms with Crippen LogP contribution in [0.5, 0.6) is 11.5 Å². The van der Waals surface area contributed by atoms with Gasteiger partial charge in [0.05, 0.1) is 29.0 Å². The average molecular weight is 493 g/mol. The number of cyclic esters (lactones) is 1. The molecule has 0 fully saturated rings. The fourth-order valence-corrected chi connectivity index (χ4v) is 5.12. The molecule has 0 saturated carbocycles. The Bertz CT molecular complexity index is 1530. The second kappa shape index (κ2) is 8.04. The van der Waals surface area contributed by atoms with Gasteiger partial charge in [0.2, 0.25) is 12.7 Å². The van der Waals surface area contributed by atoms with Crippen LogP contribution in [0.1, 0.15) is 35.6 Å². The first-order valence-corrected chi connectivity index (χ1v) is 11.5. The summed E-state index contributed by atoms with van der Waals surface area (Å²) in [5.41, 5.74) is 1.37. The van der Waals surface area contributed by atoms with Crippen molar-refractivity contribution in [1.29, 1.82) is 0 Å². The maximum Gasteiger partial charge on any atom is 0.343 e. The highest BCUT2D eigenvalue weighted by atomic mass is 16.7. The molecule has 6 rings (SSSR count). The molecule has 0 aliphatic carbocycles. The number of amides is 1. The number of ether oxygens (including phenoxy) is 4. The SMILES string of the molecule is CC[C@@]1(O)C(=O)OCc2c1cc1n(c2=O)Cc2c-1nc1cc3c(cc1c2CNC(=O)COC)OCO3. The van der Waals surface area contributed by atoms with Gasteiger partial charge in [-0.15, -0.1) is 0 Å². The number of benzene rings is 1. The predicted octanol–water partition coefficient (Wildman–Crippen LogP) is 1.07. The number of carbonyl (C=O) groups excluding carboxylic acids is 2. The average Bonchev–Trinajstić information content (AvgIpc) is 3.48. The molecule has 0 bridgehead atoms. The van der Waals surface area contributed by atoms with Gasteiger partial charge in [-0.3, -0.25) is 9.59 Å². The first-order chi connectivity index (χ1) is 17.4. The smallest absolute Gasteiger partial charge is 0.343 e. The summed E-state index contributed by atoms with van der Waals surface area (Å²) in [6, 6.07) is 5.24. The summed E-state index contributed by atoms with van der Waals surface area (Å²) in [6.07, 6.45) is 0.0555. The normalized spacial score (nSPS) is 19.0. The van der Waals surface area contributed by atoms with Crippen molar-refractivity contribution in [3.63, 3.8) is 0 Å². The number of fused-ring (bicyclic) bond motifs is 6. The van der Waals surface area contributed by atoms with Crippen LogP contribution >= 0.6 is 0 Å². The van der Waals surface area contributed by atoms with Crippen LogP contribution < -0.4 is 20.3 Å². The Morgan fingerprint density at radius 3 is 2.72 bits per heavy atom. The zero-order valence-electron chi connectivity index (χ0n) is 19.7. The molecule has 3 aromatic rings. The number of aliphatic hydroxyl groups is 1. The lowest BCUT2D eigenvalue weighted by atomic mass is 9.86. The molecule has 1 atom stereocenters. The molecule has 11 heteroatoms. The molecule has 36 heavy (non-hydrogen) atoms. The fourth-order valence-electron chi connectivity index (χ4n) is 5.12. The molecule has 1 aromatic carbocycles. The van der Waals surface area contributed by atoms with E-state index in [0.717, 1.165) is 16.5 Å². The van der Waals surface area contributed by atoms with E-state index in [4.69, 9.17) is 23.9 Å². The van der Waals surface area contributed by atoms with Crippen LogP contribution in [-0.2, 0) is 44.4 Å². The summed E-state index contributed by atoms with van der Waals surface area (Å²) in [4.78, 5) is 43.0. The molecule has 2 aromatic heterocycles. The topological polar surface area (TPSA) is 138 Å². The summed E-state index contributed by atoms with van der Waals surface area (Å²) in [5, 5.41) is 14.7. The second-order valence-electron chi connectivity index (χ2n) is 8.95. The van der Waals surface area contributed by atoms with E-state index >= 15 is 0 Å². The van der Waals surface area contributed by atoms with Gasteiger partial charge in [-0.05, 0) is 24.1 Å². The number of methoxy groups -OCH3 is 1. The van der Waals surface area contributed by atoms with E-state index < -0.39 is 11.6 Å². The Hall–Kier alpha value is -3.96. The first-order valence-electron chi connectivity index (χ1n) is 11.5. The highest BCUT2D eigenvalue weighted by Gasteiger charge is 2.45. The van der Waals surface area contributed by atoms with Crippen LogP contribution in [0.2, 0.25) is 0 Å². The van der Waals surface area contributed by atoms with Gasteiger partial charge in [-0.1, -0.05) is 6.92 Å². The van der Waals surface area contributed by atoms with Crippen molar-refractivity contribution in [2.75, 3.05) is 20.5 Å². The molecular weight excluding hydrogens is 470 g/mol. The Balaban J connectivity index is 1.57. The van der Waals surface area contributed by atoms with Gasteiger partial charge in [-0.2, -0.15) is 0 Å². The van der Waals surface area contributed by atoms with Crippen LogP contribution in [0.4, 0.5) is 0 Å². The third-order valence-corrected chi connectivity index (χ3v) is 7.04. The van der Waals surface area contributed by atoms with Crippen molar-refractivity contribution in [3.8, 4) is 22.9 Å². The van der Waals surface area contributed by atoms with Crippen LogP contribution in [-0.4, -0.2) is 47.0 Å². The number of nitrogens with zero attached hydrogens (tertiary/aromatic N) is 2. The third kappa shape index (κ3) is 3.12. The number of pyridine rings is 2. The van der Waals surface area contributed by atoms with E-state index in [2.05, 4.69) is 5.32 Å². The number of aromatic nitrogens is 2. The zero-order chi connectivity index (χ0) is 25.2. The van der Waals surface area contributed by atoms with Crippen LogP contribution in [0.25, 0.3) is 22.3 Å². The van der Waals surface area contributed by atoms with Gasteiger partial charge in [0.15, 0.2) is 17.1 Å². The minimum Gasteiger partial charge on any atom is -0.458 e. The molecule has 186 valence electrons. The van der Waals surface area contributed by atoms with E-state index in [0.29, 0.717) is 28.4 Å². The second-order valence-corrected chi connectivity index (χ2v) is 8.95. The van der Waals surface area contributed by atoms with E-state index in [-0.39, 0.29) is 62.1 Å². The molecule has 3 aliphatic heterocycles. The van der Waals surface area contributed by atoms with Gasteiger partial charge in [-0.25, -0.2) is 9.78 Å². The number of rotatable bonds is 5. The molecular formula is C25H23N3O8. The lowest BCUT2D eigenvalue weighted by molar-refractivity contribution is -0.172. The number of esters is 1. The standard InChI is InChI=1S/C25H23N3O8/c1-3-25(32)16-5-18-22-14(8-28(18)23(30)15(16)9-34-24(25)31)13(7-26-21(29)10-33-2)12-4-19-20(36-11-35-19)6-17(12)27-22/h4-6,32H,3,7-11H2,1-2H3,(H,26,29)/t25-/m0/s1. The summed E-state index contributed by atoms with van der Waals surface area (Å²) < 4.78 is 22.7. The Morgan fingerprint density at radius 1 is 1.19 bits per heavy atom. The molecule has 1 amide bonds. The molecule has 0 spiro atoms. The quantitative estimate of drug-likeness (QED) is 0.391. The highest BCUT2D eigenvalue weighted by Crippen LogP contribution is 2.43. The summed E-state index contributed by atoms with van der Waals surface area (Å²) in [7, 11) is 1.44. The lowest BCUT2D eigenvalue weighted by Gasteiger charge is -2.31. The van der Waals surface area contributed by atoms with Crippen LogP contribution in [0.3, 0.4) is 0 Å². The molecule has 0 saturated heterocycles. The number of carbonyl (C=O) groups is 2. The Kier molecular flexibility index (Phi) is 5.02. The molecule has 0 unspecified atom stereocenters. The van der Waals surface area contributed by atoms with E-state index in [1.807, 2.05) is 6.07 Å². The van der Waals surface area contributed by atoms with Crippen LogP contribution in [0.15, 0.2) is 23.0 Å². The van der Waals surface area contributed by atoms with Gasteiger partial charge in [0.1, 0.15) is 13.2 Å². The van der Waals surface area contributed by atoms with Crippen molar-refractivity contribution < 1.29 is 33.6 Å². The molecule has 2 N–H and O–H groups in total. The zero-order valence-corrected chi connectivity index (χ0v) is 19.7. The monoisotopic (exact) mass is 493 g/mol. The largest absolute Gasteiger partial charge is 0.458 e.